The first-order valence-corrected chi connectivity index (χ1v) is 35.0. The molecular weight excluding hydrogens is 1270 g/mol. The van der Waals surface area contributed by atoms with Gasteiger partial charge in [-0.25, -0.2) is 4.39 Å². The lowest BCUT2D eigenvalue weighted by Crippen LogP contribution is -2.22. The van der Waals surface area contributed by atoms with Gasteiger partial charge in [0.1, 0.15) is 34.7 Å². The summed E-state index contributed by atoms with van der Waals surface area (Å²) in [6.45, 7) is 12.7. The normalized spacial score (nSPS) is 10.2. The molecule has 8 heteroatoms. The van der Waals surface area contributed by atoms with Crippen LogP contribution < -0.4 is 5.32 Å². The minimum atomic E-state index is -0.295. The molecule has 12 rings (SSSR count). The number of benzene rings is 12. The quantitative estimate of drug-likeness (QED) is 0.0682. The fourth-order valence-electron chi connectivity index (χ4n) is 10.9. The lowest BCUT2D eigenvalue weighted by molar-refractivity contribution is -0.118. The number of aryl methyl sites for hydroxylation is 6. The lowest BCUT2D eigenvalue weighted by atomic mass is 10.00. The van der Waals surface area contributed by atoms with E-state index >= 15 is 0 Å². The summed E-state index contributed by atoms with van der Waals surface area (Å²) in [5.74, 6) is 0.758. The summed E-state index contributed by atoms with van der Waals surface area (Å²) in [5, 5.41) is 2.90. The highest BCUT2D eigenvalue weighted by Gasteiger charge is 2.12. The summed E-state index contributed by atoms with van der Waals surface area (Å²) in [6, 6.07) is 104. The van der Waals surface area contributed by atoms with Crippen LogP contribution in [0.2, 0.25) is 0 Å². The zero-order chi connectivity index (χ0) is 73.4. The summed E-state index contributed by atoms with van der Waals surface area (Å²) < 4.78 is 13.6. The van der Waals surface area contributed by atoms with Crippen molar-refractivity contribution in [1.82, 2.24) is 5.32 Å². The predicted molar refractivity (Wildman–Crippen MR) is 419 cm³/mol. The standard InChI is InChI=1S/C17H18O.C16H15FO.2C16H16O.C15H15NO.C15H14O/c1-13-8-9-16(10-14(13)2)12-17(18)11-15-6-4-3-5-7-15;1-12-7-8-14(16(17)9-12)11-15(18)10-13-5-3-2-4-6-13;2*1-13-7-9-15(10-8-13)12-16(17)11-14-5-3-2-4-6-14;1-12-7-9-13(10-8-12)11-16-15(17)14-5-3-2-4-6-14;16-15(11-13-7-3-1-4-8-13)12-14-9-5-2-6-10-14/h3-10H,11-12H2,1-2H3;2-9H,10-11H2,1H3;2*2-10H,11-12H2,1H3;2-10H,11H2,1H3,(H,16,17);1-10H,11-12H2. The molecule has 0 heterocycles. The van der Waals surface area contributed by atoms with Gasteiger partial charge in [0.05, 0.1) is 0 Å². The van der Waals surface area contributed by atoms with Crippen LogP contribution in [0, 0.1) is 47.4 Å². The van der Waals surface area contributed by atoms with Gasteiger partial charge in [0.15, 0.2) is 0 Å². The Morgan fingerprint density at radius 2 is 0.495 bits per heavy atom. The summed E-state index contributed by atoms with van der Waals surface area (Å²) >= 11 is 0. The fourth-order valence-corrected chi connectivity index (χ4v) is 10.9. The highest BCUT2D eigenvalue weighted by molar-refractivity contribution is 5.94. The maximum Gasteiger partial charge on any atom is 0.251 e. The molecule has 522 valence electrons. The molecule has 0 unspecified atom stereocenters. The number of hydrogen-bond acceptors (Lipinski definition) is 6. The van der Waals surface area contributed by atoms with E-state index in [1.807, 2.05) is 311 Å². The van der Waals surface area contributed by atoms with Crippen molar-refractivity contribution in [2.75, 3.05) is 0 Å². The molecule has 0 saturated carbocycles. The fraction of sp³-hybridized carbons (Fsp3) is 0.179. The first-order valence-electron chi connectivity index (χ1n) is 35.0. The zero-order valence-electron chi connectivity index (χ0n) is 60.2. The number of amides is 1. The Hall–Kier alpha value is -11.6. The average Bonchev–Trinajstić information content (AvgIpc) is 0.896. The molecule has 7 nitrogen and oxygen atoms in total. The molecule has 1 N–H and O–H groups in total. The molecule has 12 aromatic carbocycles. The molecule has 0 bridgehead atoms. The number of nitrogens with one attached hydrogen (secondary N) is 1. The third kappa shape index (κ3) is 31.6. The third-order valence-electron chi connectivity index (χ3n) is 16.7. The van der Waals surface area contributed by atoms with Crippen LogP contribution in [0.3, 0.4) is 0 Å². The molecule has 103 heavy (non-hydrogen) atoms. The Balaban J connectivity index is 0.000000173. The first kappa shape index (κ1) is 78.7. The van der Waals surface area contributed by atoms with E-state index in [2.05, 4.69) is 45.1 Å². The molecule has 0 aromatic heterocycles. The van der Waals surface area contributed by atoms with Crippen molar-refractivity contribution in [3.05, 3.63) is 427 Å². The number of hydrogen-bond donors (Lipinski definition) is 1. The van der Waals surface area contributed by atoms with Gasteiger partial charge in [-0.2, -0.15) is 0 Å². The van der Waals surface area contributed by atoms with Crippen LogP contribution in [-0.4, -0.2) is 34.8 Å². The van der Waals surface area contributed by atoms with Gasteiger partial charge in [-0.1, -0.05) is 320 Å². The summed E-state index contributed by atoms with van der Waals surface area (Å²) in [4.78, 5) is 71.1. The Morgan fingerprint density at radius 3 is 0.796 bits per heavy atom. The van der Waals surface area contributed by atoms with Crippen LogP contribution in [-0.2, 0) is 94.7 Å². The van der Waals surface area contributed by atoms with Gasteiger partial charge < -0.3 is 5.32 Å². The van der Waals surface area contributed by atoms with Crippen LogP contribution in [0.5, 0.6) is 0 Å². The molecule has 1 amide bonds. The van der Waals surface area contributed by atoms with Gasteiger partial charge >= 0.3 is 0 Å². The van der Waals surface area contributed by atoms with Gasteiger partial charge in [-0.3, -0.25) is 28.8 Å². The van der Waals surface area contributed by atoms with Gasteiger partial charge in [0, 0.05) is 76.3 Å². The molecule has 0 saturated heterocycles. The summed E-state index contributed by atoms with van der Waals surface area (Å²) in [6.07, 6.45) is 4.69. The van der Waals surface area contributed by atoms with E-state index in [1.165, 1.54) is 33.9 Å². The van der Waals surface area contributed by atoms with Crippen LogP contribution in [0.1, 0.15) is 105 Å². The summed E-state index contributed by atoms with van der Waals surface area (Å²) in [7, 11) is 0. The van der Waals surface area contributed by atoms with Crippen LogP contribution in [0.15, 0.2) is 322 Å². The predicted octanol–water partition coefficient (Wildman–Crippen LogP) is 19.8. The van der Waals surface area contributed by atoms with Gasteiger partial charge in [0.2, 0.25) is 0 Å². The molecule has 12 aromatic rings. The molecule has 0 radical (unpaired) electrons. The Labute approximate surface area is 609 Å². The van der Waals surface area contributed by atoms with Crippen molar-refractivity contribution in [3.63, 3.8) is 0 Å². The second kappa shape index (κ2) is 43.8. The topological polar surface area (TPSA) is 114 Å². The summed E-state index contributed by atoms with van der Waals surface area (Å²) in [5.41, 5.74) is 19.0. The second-order valence-corrected chi connectivity index (χ2v) is 25.9. The zero-order valence-corrected chi connectivity index (χ0v) is 60.2. The smallest absolute Gasteiger partial charge is 0.251 e. The maximum absolute atomic E-state index is 13.6. The van der Waals surface area contributed by atoms with Crippen LogP contribution in [0.4, 0.5) is 4.39 Å². The molecule has 0 atom stereocenters. The van der Waals surface area contributed by atoms with Crippen molar-refractivity contribution in [2.45, 2.75) is 112 Å². The van der Waals surface area contributed by atoms with Crippen molar-refractivity contribution in [3.8, 4) is 0 Å². The minimum Gasteiger partial charge on any atom is -0.348 e. The number of carbonyl (C=O) groups excluding carboxylic acids is 6. The number of carbonyl (C=O) groups is 6. The molecule has 0 spiro atoms. The van der Waals surface area contributed by atoms with Gasteiger partial charge in [0.25, 0.3) is 5.91 Å². The van der Waals surface area contributed by atoms with Crippen molar-refractivity contribution in [2.24, 2.45) is 0 Å². The van der Waals surface area contributed by atoms with Crippen molar-refractivity contribution in [1.29, 1.82) is 0 Å². The van der Waals surface area contributed by atoms with E-state index in [9.17, 15) is 33.2 Å². The number of rotatable bonds is 23. The first-order chi connectivity index (χ1) is 49.9. The van der Waals surface area contributed by atoms with E-state index in [4.69, 9.17) is 0 Å². The van der Waals surface area contributed by atoms with E-state index in [0.29, 0.717) is 75.5 Å². The van der Waals surface area contributed by atoms with Crippen molar-refractivity contribution < 1.29 is 33.2 Å². The van der Waals surface area contributed by atoms with E-state index < -0.39 is 0 Å². The maximum atomic E-state index is 13.6. The molecule has 0 fully saturated rings. The van der Waals surface area contributed by atoms with E-state index in [1.54, 1.807) is 6.07 Å². The average molecular weight is 1360 g/mol. The van der Waals surface area contributed by atoms with E-state index in [-0.39, 0.29) is 47.1 Å². The van der Waals surface area contributed by atoms with Crippen LogP contribution >= 0.6 is 0 Å². The highest BCUT2D eigenvalue weighted by Crippen LogP contribution is 2.16. The number of Topliss-reactive ketones (excluding diaryl/α,β-unsaturated/α-hetero) is 5. The highest BCUT2D eigenvalue weighted by atomic mass is 19.1. The van der Waals surface area contributed by atoms with Crippen molar-refractivity contribution >= 4 is 34.8 Å². The van der Waals surface area contributed by atoms with E-state index in [0.717, 1.165) is 61.2 Å². The monoisotopic (exact) mass is 1360 g/mol. The Kier molecular flexibility index (Phi) is 33.5. The third-order valence-corrected chi connectivity index (χ3v) is 16.7. The largest absolute Gasteiger partial charge is 0.348 e. The molecular formula is C95H94FNO6. The Bertz CT molecular complexity index is 4370. The van der Waals surface area contributed by atoms with Gasteiger partial charge in [-0.15, -0.1) is 0 Å². The minimum absolute atomic E-state index is 0.0314. The lowest BCUT2D eigenvalue weighted by Gasteiger charge is -2.05. The molecule has 0 aliphatic carbocycles. The van der Waals surface area contributed by atoms with Crippen LogP contribution in [0.25, 0.3) is 0 Å². The Morgan fingerprint density at radius 1 is 0.243 bits per heavy atom. The second-order valence-electron chi connectivity index (χ2n) is 25.9. The number of halogens is 1. The molecule has 0 aliphatic rings. The SMILES string of the molecule is Cc1ccc(CC(=O)Cc2ccccc2)c(F)c1.Cc1ccc(CC(=O)Cc2ccccc2)cc1.Cc1ccc(CC(=O)Cc2ccccc2)cc1.Cc1ccc(CC(=O)Cc2ccccc2)cc1C.Cc1ccc(CNC(=O)c2ccccc2)cc1.O=C(Cc1ccccc1)Cc1ccccc1. The number of ketones is 5. The van der Waals surface area contributed by atoms with Gasteiger partial charge in [-0.05, 0) is 138 Å². The molecule has 0 aliphatic heterocycles.